The zero-order chi connectivity index (χ0) is 24.7. The summed E-state index contributed by atoms with van der Waals surface area (Å²) in [6.07, 6.45) is 8.73. The number of hydrogen-bond donors (Lipinski definition) is 0. The number of rotatable bonds is 3. The third-order valence-corrected chi connectivity index (χ3v) is 6.20. The largest absolute Gasteiger partial charge is 0.444 e. The predicted molar refractivity (Wildman–Crippen MR) is 136 cm³/mol. The lowest BCUT2D eigenvalue weighted by Crippen LogP contribution is -2.55. The summed E-state index contributed by atoms with van der Waals surface area (Å²) >= 11 is 6.29. The molecule has 0 radical (unpaired) electrons. The third kappa shape index (κ3) is 4.55. The number of imidazole rings is 1. The SMILES string of the molecule is C[C@@H]1CN(c2ncnc3c2c(-n2ccnc2)cn3-c2cccc(Cl)c2)CCN1C(=O)OC(C)(C)C. The van der Waals surface area contributed by atoms with Gasteiger partial charge in [-0.3, -0.25) is 4.57 Å². The van der Waals surface area contributed by atoms with Gasteiger partial charge in [0.25, 0.3) is 0 Å². The van der Waals surface area contributed by atoms with Crippen LogP contribution in [0.1, 0.15) is 27.7 Å². The Balaban J connectivity index is 1.55. The van der Waals surface area contributed by atoms with Crippen LogP contribution in [0.25, 0.3) is 22.4 Å². The second kappa shape index (κ2) is 8.88. The molecular weight excluding hydrogens is 466 g/mol. The summed E-state index contributed by atoms with van der Waals surface area (Å²) in [7, 11) is 0. The molecule has 9 nitrogen and oxygen atoms in total. The van der Waals surface area contributed by atoms with Gasteiger partial charge in [-0.25, -0.2) is 19.7 Å². The number of fused-ring (bicyclic) bond motifs is 1. The van der Waals surface area contributed by atoms with Crippen molar-refractivity contribution in [2.75, 3.05) is 24.5 Å². The molecular formula is C25H28ClN7O2. The van der Waals surface area contributed by atoms with Crippen LogP contribution in [-0.2, 0) is 4.74 Å². The molecule has 1 fully saturated rings. The molecule has 35 heavy (non-hydrogen) atoms. The number of anilines is 1. The van der Waals surface area contributed by atoms with E-state index in [1.54, 1.807) is 23.8 Å². The number of halogens is 1. The summed E-state index contributed by atoms with van der Waals surface area (Å²) in [6, 6.07) is 7.61. The van der Waals surface area contributed by atoms with E-state index in [4.69, 9.17) is 21.3 Å². The zero-order valence-electron chi connectivity index (χ0n) is 20.2. The highest BCUT2D eigenvalue weighted by molar-refractivity contribution is 6.30. The van der Waals surface area contributed by atoms with Gasteiger partial charge in [0, 0.05) is 55.0 Å². The first kappa shape index (κ1) is 23.2. The van der Waals surface area contributed by atoms with E-state index >= 15 is 0 Å². The third-order valence-electron chi connectivity index (χ3n) is 5.97. The van der Waals surface area contributed by atoms with Crippen LogP contribution in [0.2, 0.25) is 5.02 Å². The summed E-state index contributed by atoms with van der Waals surface area (Å²) in [6.45, 7) is 9.46. The molecule has 3 aromatic heterocycles. The molecule has 0 N–H and O–H groups in total. The molecule has 0 aliphatic carbocycles. The van der Waals surface area contributed by atoms with Crippen molar-refractivity contribution in [1.29, 1.82) is 0 Å². The molecule has 4 heterocycles. The highest BCUT2D eigenvalue weighted by atomic mass is 35.5. The topological polar surface area (TPSA) is 81.3 Å². The fourth-order valence-corrected chi connectivity index (χ4v) is 4.61. The number of carbonyl (C=O) groups excluding carboxylic acids is 1. The lowest BCUT2D eigenvalue weighted by molar-refractivity contribution is 0.0159. The van der Waals surface area contributed by atoms with Crippen molar-refractivity contribution in [3.8, 4) is 11.4 Å². The minimum atomic E-state index is -0.532. The maximum Gasteiger partial charge on any atom is 0.410 e. The summed E-state index contributed by atoms with van der Waals surface area (Å²) in [4.78, 5) is 30.3. The zero-order valence-corrected chi connectivity index (χ0v) is 21.0. The predicted octanol–water partition coefficient (Wildman–Crippen LogP) is 4.71. The fraction of sp³-hybridized carbons (Fsp3) is 0.360. The molecule has 1 aliphatic heterocycles. The molecule has 1 aromatic carbocycles. The summed E-state index contributed by atoms with van der Waals surface area (Å²) in [5.41, 5.74) is 2.05. The molecule has 1 aliphatic rings. The molecule has 1 atom stereocenters. The Morgan fingerprint density at radius 2 is 2.03 bits per heavy atom. The van der Waals surface area contributed by atoms with Gasteiger partial charge in [-0.15, -0.1) is 0 Å². The van der Waals surface area contributed by atoms with E-state index in [9.17, 15) is 4.79 Å². The standard InChI is InChI=1S/C25H28ClN7O2/c1-17-13-30(10-11-32(17)24(34)35-25(2,3)4)22-21-20(31-9-8-27-16-31)14-33(23(21)29-15-28-22)19-7-5-6-18(26)12-19/h5-9,12,14-17H,10-11,13H2,1-4H3/t17-/m1/s1. The monoisotopic (exact) mass is 493 g/mol. The van der Waals surface area contributed by atoms with Crippen LogP contribution in [0.5, 0.6) is 0 Å². The van der Waals surface area contributed by atoms with Crippen LogP contribution in [0, 0.1) is 0 Å². The number of ether oxygens (including phenoxy) is 1. The van der Waals surface area contributed by atoms with Crippen molar-refractivity contribution in [3.63, 3.8) is 0 Å². The van der Waals surface area contributed by atoms with Gasteiger partial charge >= 0.3 is 6.09 Å². The summed E-state index contributed by atoms with van der Waals surface area (Å²) < 4.78 is 9.58. The molecule has 5 rings (SSSR count). The van der Waals surface area contributed by atoms with Gasteiger partial charge in [-0.05, 0) is 45.9 Å². The van der Waals surface area contributed by atoms with Crippen molar-refractivity contribution in [2.24, 2.45) is 0 Å². The van der Waals surface area contributed by atoms with Crippen LogP contribution in [0.4, 0.5) is 10.6 Å². The van der Waals surface area contributed by atoms with Gasteiger partial charge in [0.05, 0.1) is 17.4 Å². The van der Waals surface area contributed by atoms with Crippen molar-refractivity contribution >= 4 is 34.5 Å². The number of nitrogens with zero attached hydrogens (tertiary/aromatic N) is 7. The van der Waals surface area contributed by atoms with Crippen molar-refractivity contribution in [1.82, 2.24) is 29.0 Å². The van der Waals surface area contributed by atoms with Crippen LogP contribution in [0.15, 0.2) is 55.5 Å². The average Bonchev–Trinajstić information content (AvgIpc) is 3.45. The van der Waals surface area contributed by atoms with Crippen LogP contribution in [0.3, 0.4) is 0 Å². The normalized spacial score (nSPS) is 16.7. The molecule has 182 valence electrons. The first-order chi connectivity index (χ1) is 16.7. The van der Waals surface area contributed by atoms with Gasteiger partial charge in [0.1, 0.15) is 17.7 Å². The molecule has 4 aromatic rings. The Morgan fingerprint density at radius 3 is 2.71 bits per heavy atom. The van der Waals surface area contributed by atoms with Gasteiger partial charge in [-0.2, -0.15) is 0 Å². The van der Waals surface area contributed by atoms with Gasteiger partial charge in [0.15, 0.2) is 5.65 Å². The second-order valence-corrected chi connectivity index (χ2v) is 10.1. The number of aromatic nitrogens is 5. The van der Waals surface area contributed by atoms with Crippen molar-refractivity contribution in [2.45, 2.75) is 39.3 Å². The maximum absolute atomic E-state index is 12.7. The smallest absolute Gasteiger partial charge is 0.410 e. The number of hydrogen-bond acceptors (Lipinski definition) is 6. The van der Waals surface area contributed by atoms with E-state index < -0.39 is 5.60 Å². The lowest BCUT2D eigenvalue weighted by Gasteiger charge is -2.40. The number of piperazine rings is 1. The Labute approximate surface area is 208 Å². The van der Waals surface area contributed by atoms with Gasteiger partial charge < -0.3 is 19.1 Å². The van der Waals surface area contributed by atoms with Crippen molar-refractivity contribution < 1.29 is 9.53 Å². The Bertz CT molecular complexity index is 1360. The molecule has 0 unspecified atom stereocenters. The van der Waals surface area contributed by atoms with E-state index in [0.717, 1.165) is 28.2 Å². The van der Waals surface area contributed by atoms with E-state index in [1.165, 1.54) is 0 Å². The highest BCUT2D eigenvalue weighted by Gasteiger charge is 2.32. The summed E-state index contributed by atoms with van der Waals surface area (Å²) in [5, 5.41) is 1.55. The molecule has 1 amide bonds. The van der Waals surface area contributed by atoms with E-state index in [-0.39, 0.29) is 12.1 Å². The minimum Gasteiger partial charge on any atom is -0.444 e. The Kier molecular flexibility index (Phi) is 5.88. The molecule has 1 saturated heterocycles. The minimum absolute atomic E-state index is 0.0460. The van der Waals surface area contributed by atoms with Crippen LogP contribution < -0.4 is 4.90 Å². The summed E-state index contributed by atoms with van der Waals surface area (Å²) in [5.74, 6) is 0.815. The Hall–Kier alpha value is -3.59. The molecule has 0 spiro atoms. The average molecular weight is 494 g/mol. The lowest BCUT2D eigenvalue weighted by atomic mass is 10.1. The van der Waals surface area contributed by atoms with E-state index in [0.29, 0.717) is 24.7 Å². The number of amides is 1. The van der Waals surface area contributed by atoms with Gasteiger partial charge in [0.2, 0.25) is 0 Å². The quantitative estimate of drug-likeness (QED) is 0.411. The molecule has 0 bridgehead atoms. The first-order valence-corrected chi connectivity index (χ1v) is 11.9. The van der Waals surface area contributed by atoms with Crippen LogP contribution in [-0.4, -0.2) is 66.4 Å². The highest BCUT2D eigenvalue weighted by Crippen LogP contribution is 2.34. The first-order valence-electron chi connectivity index (χ1n) is 11.6. The molecule has 0 saturated carbocycles. The van der Waals surface area contributed by atoms with Gasteiger partial charge in [-0.1, -0.05) is 17.7 Å². The maximum atomic E-state index is 12.7. The van der Waals surface area contributed by atoms with E-state index in [2.05, 4.69) is 14.9 Å². The number of benzene rings is 1. The van der Waals surface area contributed by atoms with E-state index in [1.807, 2.05) is 73.5 Å². The number of carbonyl (C=O) groups is 1. The Morgan fingerprint density at radius 1 is 1.20 bits per heavy atom. The second-order valence-electron chi connectivity index (χ2n) is 9.70. The van der Waals surface area contributed by atoms with Crippen molar-refractivity contribution in [3.05, 3.63) is 60.5 Å². The fourth-order valence-electron chi connectivity index (χ4n) is 4.43. The van der Waals surface area contributed by atoms with Crippen LogP contribution >= 0.6 is 11.6 Å². The molecule has 10 heteroatoms.